The van der Waals surface area contributed by atoms with Crippen LogP contribution in [0, 0.1) is 0 Å². The van der Waals surface area contributed by atoms with E-state index in [1.165, 1.54) is 25.6 Å². The molecule has 0 aliphatic carbocycles. The number of carbonyl (C=O) groups excluding carboxylic acids is 2. The van der Waals surface area contributed by atoms with Gasteiger partial charge in [-0.05, 0) is 42.6 Å². The lowest BCUT2D eigenvalue weighted by Gasteiger charge is -2.18. The highest BCUT2D eigenvalue weighted by atomic mass is 32.1. The van der Waals surface area contributed by atoms with Crippen LogP contribution in [-0.4, -0.2) is 32.6 Å². The molecule has 2 heterocycles. The topological polar surface area (TPSA) is 77.1 Å². The van der Waals surface area contributed by atoms with Gasteiger partial charge in [0.2, 0.25) is 0 Å². The third-order valence-corrected chi connectivity index (χ3v) is 5.81. The minimum absolute atomic E-state index is 0.194. The second kappa shape index (κ2) is 9.15. The van der Waals surface area contributed by atoms with Crippen LogP contribution in [0.1, 0.15) is 11.8 Å². The van der Waals surface area contributed by atoms with Crippen molar-refractivity contribution in [2.75, 3.05) is 31.0 Å². The van der Waals surface area contributed by atoms with Gasteiger partial charge >= 0.3 is 0 Å². The second-order valence-corrected chi connectivity index (χ2v) is 7.71. The highest BCUT2D eigenvalue weighted by Gasteiger charge is 2.41. The van der Waals surface area contributed by atoms with Crippen molar-refractivity contribution in [2.45, 2.75) is 6.92 Å². The molecule has 0 bridgehead atoms. The van der Waals surface area contributed by atoms with Gasteiger partial charge in [0.05, 0.1) is 37.8 Å². The first-order chi connectivity index (χ1) is 15.6. The van der Waals surface area contributed by atoms with Gasteiger partial charge in [0.15, 0.2) is 11.5 Å². The van der Waals surface area contributed by atoms with E-state index < -0.39 is 11.8 Å². The molecule has 1 aliphatic rings. The molecule has 2 aromatic carbocycles. The Morgan fingerprint density at radius 3 is 2.38 bits per heavy atom. The number of hydrogen-bond donors (Lipinski definition) is 1. The van der Waals surface area contributed by atoms with Gasteiger partial charge in [-0.3, -0.25) is 9.59 Å². The van der Waals surface area contributed by atoms with Crippen LogP contribution in [0.4, 0.5) is 11.4 Å². The lowest BCUT2D eigenvalue weighted by atomic mass is 10.1. The smallest absolute Gasteiger partial charge is 0.282 e. The summed E-state index contributed by atoms with van der Waals surface area (Å²) in [6.07, 6.45) is 0. The average Bonchev–Trinajstić information content (AvgIpc) is 3.41. The van der Waals surface area contributed by atoms with E-state index in [9.17, 15) is 9.59 Å². The summed E-state index contributed by atoms with van der Waals surface area (Å²) in [7, 11) is 3.03. The van der Waals surface area contributed by atoms with E-state index in [0.717, 1.165) is 4.90 Å². The second-order valence-electron chi connectivity index (χ2n) is 6.77. The summed E-state index contributed by atoms with van der Waals surface area (Å²) >= 11 is 1.39. The Kier molecular flexibility index (Phi) is 6.13. The molecule has 3 aromatic rings. The number of nitrogens with one attached hydrogen (secondary N) is 1. The van der Waals surface area contributed by atoms with E-state index in [4.69, 9.17) is 14.2 Å². The number of methoxy groups -OCH3 is 2. The van der Waals surface area contributed by atoms with Crippen molar-refractivity contribution in [3.63, 3.8) is 0 Å². The van der Waals surface area contributed by atoms with Crippen molar-refractivity contribution in [1.29, 1.82) is 0 Å². The summed E-state index contributed by atoms with van der Waals surface area (Å²) in [4.78, 5) is 28.9. The van der Waals surface area contributed by atoms with Crippen molar-refractivity contribution < 1.29 is 23.8 Å². The number of amides is 2. The maximum atomic E-state index is 13.5. The van der Waals surface area contributed by atoms with Crippen molar-refractivity contribution in [3.8, 4) is 17.2 Å². The summed E-state index contributed by atoms with van der Waals surface area (Å²) < 4.78 is 16.3. The standard InChI is InChI=1S/C24H22N2O5S/c1-4-31-17-9-6-5-8-16(17)25-22-21(20-10-7-13-32-20)23(27)26(24(22)28)15-11-12-18(29-2)19(14-15)30-3/h5-14,25H,4H2,1-3H3. The molecule has 0 radical (unpaired) electrons. The number of benzene rings is 2. The summed E-state index contributed by atoms with van der Waals surface area (Å²) in [5.74, 6) is 0.646. The van der Waals surface area contributed by atoms with Crippen molar-refractivity contribution in [1.82, 2.24) is 0 Å². The van der Waals surface area contributed by atoms with Gasteiger partial charge in [-0.25, -0.2) is 4.90 Å². The quantitative estimate of drug-likeness (QED) is 0.507. The molecule has 164 valence electrons. The van der Waals surface area contributed by atoms with Crippen LogP contribution in [0.15, 0.2) is 65.7 Å². The molecule has 0 spiro atoms. The van der Waals surface area contributed by atoms with Gasteiger partial charge < -0.3 is 19.5 Å². The molecule has 0 unspecified atom stereocenters. The molecule has 0 atom stereocenters. The number of imide groups is 1. The fourth-order valence-corrected chi connectivity index (χ4v) is 4.25. The average molecular weight is 451 g/mol. The van der Waals surface area contributed by atoms with E-state index in [2.05, 4.69) is 5.32 Å². The van der Waals surface area contributed by atoms with Crippen LogP contribution in [0.5, 0.6) is 17.2 Å². The first-order valence-electron chi connectivity index (χ1n) is 9.96. The van der Waals surface area contributed by atoms with Crippen molar-refractivity contribution >= 4 is 40.1 Å². The number of carbonyl (C=O) groups is 2. The van der Waals surface area contributed by atoms with Crippen LogP contribution in [0.25, 0.3) is 5.57 Å². The predicted molar refractivity (Wildman–Crippen MR) is 125 cm³/mol. The van der Waals surface area contributed by atoms with Crippen LogP contribution in [0.3, 0.4) is 0 Å². The minimum atomic E-state index is -0.461. The van der Waals surface area contributed by atoms with E-state index in [-0.39, 0.29) is 5.70 Å². The highest BCUT2D eigenvalue weighted by molar-refractivity contribution is 7.11. The largest absolute Gasteiger partial charge is 0.493 e. The van der Waals surface area contributed by atoms with Gasteiger partial charge in [0, 0.05) is 10.9 Å². The fourth-order valence-electron chi connectivity index (χ4n) is 3.48. The highest BCUT2D eigenvalue weighted by Crippen LogP contribution is 2.39. The molecule has 2 amide bonds. The molecule has 4 rings (SSSR count). The summed E-state index contributed by atoms with van der Waals surface area (Å²) in [5, 5.41) is 5.02. The number of hydrogen-bond acceptors (Lipinski definition) is 7. The molecule has 8 heteroatoms. The molecule has 0 fully saturated rings. The maximum absolute atomic E-state index is 13.5. The lowest BCUT2D eigenvalue weighted by molar-refractivity contribution is -0.120. The Balaban J connectivity index is 1.79. The number of thiophene rings is 1. The van der Waals surface area contributed by atoms with Crippen molar-refractivity contribution in [2.24, 2.45) is 0 Å². The zero-order valence-corrected chi connectivity index (χ0v) is 18.7. The molecule has 0 saturated heterocycles. The van der Waals surface area contributed by atoms with Crippen LogP contribution >= 0.6 is 11.3 Å². The molecule has 32 heavy (non-hydrogen) atoms. The van der Waals surface area contributed by atoms with Crippen LogP contribution in [0.2, 0.25) is 0 Å². The first kappa shape index (κ1) is 21.5. The molecule has 1 aliphatic heterocycles. The molecule has 7 nitrogen and oxygen atoms in total. The van der Waals surface area contributed by atoms with E-state index >= 15 is 0 Å². The number of anilines is 2. The third kappa shape index (κ3) is 3.80. The maximum Gasteiger partial charge on any atom is 0.282 e. The SMILES string of the molecule is CCOc1ccccc1NC1=C(c2cccs2)C(=O)N(c2ccc(OC)c(OC)c2)C1=O. The van der Waals surface area contributed by atoms with Gasteiger partial charge in [0.25, 0.3) is 11.8 Å². The monoisotopic (exact) mass is 450 g/mol. The predicted octanol–water partition coefficient (Wildman–Crippen LogP) is 4.56. The molecular formula is C24H22N2O5S. The molecule has 0 saturated carbocycles. The normalized spacial score (nSPS) is 13.5. The Hall–Kier alpha value is -3.78. The van der Waals surface area contributed by atoms with E-state index in [0.29, 0.717) is 45.7 Å². The fraction of sp³-hybridized carbons (Fsp3) is 0.167. The van der Waals surface area contributed by atoms with E-state index in [1.54, 1.807) is 24.3 Å². The Bertz CT molecular complexity index is 1190. The molecule has 1 aromatic heterocycles. The van der Waals surface area contributed by atoms with Gasteiger partial charge in [-0.2, -0.15) is 0 Å². The Morgan fingerprint density at radius 2 is 1.69 bits per heavy atom. The summed E-state index contributed by atoms with van der Waals surface area (Å²) in [5.41, 5.74) is 1.50. The van der Waals surface area contributed by atoms with Gasteiger partial charge in [0.1, 0.15) is 11.4 Å². The zero-order valence-electron chi connectivity index (χ0n) is 17.9. The summed E-state index contributed by atoms with van der Waals surface area (Å²) in [6.45, 7) is 2.36. The lowest BCUT2D eigenvalue weighted by Crippen LogP contribution is -2.32. The van der Waals surface area contributed by atoms with Gasteiger partial charge in [-0.1, -0.05) is 18.2 Å². The zero-order chi connectivity index (χ0) is 22.7. The van der Waals surface area contributed by atoms with Gasteiger partial charge in [-0.15, -0.1) is 11.3 Å². The number of rotatable bonds is 8. The minimum Gasteiger partial charge on any atom is -0.493 e. The van der Waals surface area contributed by atoms with E-state index in [1.807, 2.05) is 42.6 Å². The molecular weight excluding hydrogens is 428 g/mol. The van der Waals surface area contributed by atoms with Crippen LogP contribution in [-0.2, 0) is 9.59 Å². The van der Waals surface area contributed by atoms with Crippen molar-refractivity contribution in [3.05, 3.63) is 70.6 Å². The van der Waals surface area contributed by atoms with Crippen LogP contribution < -0.4 is 24.4 Å². The number of para-hydroxylation sites is 2. The number of ether oxygens (including phenoxy) is 3. The number of nitrogens with zero attached hydrogens (tertiary/aromatic N) is 1. The Morgan fingerprint density at radius 1 is 0.906 bits per heavy atom. The first-order valence-corrected chi connectivity index (χ1v) is 10.8. The Labute approximate surface area is 189 Å². The third-order valence-electron chi connectivity index (χ3n) is 4.92. The summed E-state index contributed by atoms with van der Waals surface area (Å²) in [6, 6.07) is 15.9. The molecule has 1 N–H and O–H groups in total.